The molecule has 20 heavy (non-hydrogen) atoms. The minimum Gasteiger partial charge on any atom is -0.427 e. The standard InChI is InChI=1S/C13H22N2O4S/c1-12(2,3)11-14-7-10(19-11)20(16,17)15-6-9-13(4,5)8-18-9/h7,9,15H,6,8H2,1-5H3. The summed E-state index contributed by atoms with van der Waals surface area (Å²) in [6.45, 7) is 10.7. The van der Waals surface area contributed by atoms with Crippen molar-refractivity contribution >= 4 is 10.0 Å². The van der Waals surface area contributed by atoms with Crippen molar-refractivity contribution < 1.29 is 17.6 Å². The number of nitrogens with zero attached hydrogens (tertiary/aromatic N) is 1. The SMILES string of the molecule is CC(C)(C)c1ncc(S(=O)(=O)NCC2OCC2(C)C)o1. The van der Waals surface area contributed by atoms with Gasteiger partial charge >= 0.3 is 0 Å². The lowest BCUT2D eigenvalue weighted by atomic mass is 9.83. The van der Waals surface area contributed by atoms with E-state index in [9.17, 15) is 8.42 Å². The number of hydrogen-bond donors (Lipinski definition) is 1. The maximum absolute atomic E-state index is 12.1. The van der Waals surface area contributed by atoms with Gasteiger partial charge in [-0.05, 0) is 0 Å². The highest BCUT2D eigenvalue weighted by molar-refractivity contribution is 7.89. The molecule has 7 heteroatoms. The summed E-state index contributed by atoms with van der Waals surface area (Å²) in [5.74, 6) is 0.401. The molecule has 0 amide bonds. The molecule has 1 unspecified atom stereocenters. The van der Waals surface area contributed by atoms with Gasteiger partial charge in [-0.15, -0.1) is 0 Å². The maximum atomic E-state index is 12.1. The molecule has 1 aliphatic heterocycles. The summed E-state index contributed by atoms with van der Waals surface area (Å²) in [4.78, 5) is 4.03. The van der Waals surface area contributed by atoms with Crippen molar-refractivity contribution in [3.63, 3.8) is 0 Å². The van der Waals surface area contributed by atoms with Gasteiger partial charge < -0.3 is 9.15 Å². The zero-order valence-electron chi connectivity index (χ0n) is 12.6. The van der Waals surface area contributed by atoms with E-state index in [0.29, 0.717) is 12.5 Å². The average Bonchev–Trinajstić information content (AvgIpc) is 2.77. The zero-order chi connectivity index (χ0) is 15.2. The number of ether oxygens (including phenoxy) is 1. The van der Waals surface area contributed by atoms with Crippen LogP contribution < -0.4 is 4.72 Å². The highest BCUT2D eigenvalue weighted by Crippen LogP contribution is 2.33. The molecule has 0 spiro atoms. The Labute approximate surface area is 120 Å². The Kier molecular flexibility index (Phi) is 3.73. The first-order valence-corrected chi connectivity index (χ1v) is 8.08. The molecule has 0 bridgehead atoms. The highest BCUT2D eigenvalue weighted by atomic mass is 32.2. The molecular weight excluding hydrogens is 280 g/mol. The Balaban J connectivity index is 2.05. The third-order valence-corrected chi connectivity index (χ3v) is 4.64. The van der Waals surface area contributed by atoms with Gasteiger partial charge in [-0.1, -0.05) is 34.6 Å². The quantitative estimate of drug-likeness (QED) is 0.915. The molecule has 1 aromatic rings. The van der Waals surface area contributed by atoms with E-state index in [-0.39, 0.29) is 28.6 Å². The van der Waals surface area contributed by atoms with Crippen LogP contribution in [0.3, 0.4) is 0 Å². The molecule has 0 saturated carbocycles. The van der Waals surface area contributed by atoms with Gasteiger partial charge in [0.05, 0.1) is 18.9 Å². The van der Waals surface area contributed by atoms with E-state index in [1.165, 1.54) is 6.20 Å². The molecule has 2 heterocycles. The van der Waals surface area contributed by atoms with Crippen LogP contribution in [0.15, 0.2) is 15.7 Å². The lowest BCUT2D eigenvalue weighted by molar-refractivity contribution is -0.162. The predicted octanol–water partition coefficient (Wildman–Crippen LogP) is 1.68. The smallest absolute Gasteiger partial charge is 0.275 e. The molecule has 2 rings (SSSR count). The minimum atomic E-state index is -3.68. The molecule has 0 aromatic carbocycles. The maximum Gasteiger partial charge on any atom is 0.275 e. The largest absolute Gasteiger partial charge is 0.427 e. The van der Waals surface area contributed by atoms with Gasteiger partial charge in [-0.25, -0.2) is 18.1 Å². The van der Waals surface area contributed by atoms with Gasteiger partial charge in [0.1, 0.15) is 0 Å². The van der Waals surface area contributed by atoms with E-state index in [2.05, 4.69) is 9.71 Å². The zero-order valence-corrected chi connectivity index (χ0v) is 13.4. The first-order valence-electron chi connectivity index (χ1n) is 6.60. The van der Waals surface area contributed by atoms with E-state index < -0.39 is 10.0 Å². The van der Waals surface area contributed by atoms with Crippen molar-refractivity contribution in [2.45, 2.75) is 51.2 Å². The monoisotopic (exact) mass is 302 g/mol. The number of rotatable bonds is 4. The van der Waals surface area contributed by atoms with Crippen LogP contribution in [-0.4, -0.2) is 32.7 Å². The second-order valence-corrected chi connectivity index (χ2v) is 8.57. The highest BCUT2D eigenvalue weighted by Gasteiger charge is 2.40. The predicted molar refractivity (Wildman–Crippen MR) is 73.9 cm³/mol. The molecule has 114 valence electrons. The molecule has 6 nitrogen and oxygen atoms in total. The fraction of sp³-hybridized carbons (Fsp3) is 0.769. The summed E-state index contributed by atoms with van der Waals surface area (Å²) in [6, 6.07) is 0. The Morgan fingerprint density at radius 3 is 2.50 bits per heavy atom. The van der Waals surface area contributed by atoms with Gasteiger partial charge in [0, 0.05) is 17.4 Å². The molecule has 1 fully saturated rings. The normalized spacial score (nSPS) is 22.6. The van der Waals surface area contributed by atoms with E-state index >= 15 is 0 Å². The Morgan fingerprint density at radius 1 is 1.45 bits per heavy atom. The van der Waals surface area contributed by atoms with E-state index in [0.717, 1.165) is 0 Å². The molecule has 1 aromatic heterocycles. The van der Waals surface area contributed by atoms with E-state index in [1.807, 2.05) is 34.6 Å². The second kappa shape index (κ2) is 4.82. The summed E-state index contributed by atoms with van der Waals surface area (Å²) < 4.78 is 37.5. The average molecular weight is 302 g/mol. The number of oxazole rings is 1. The third-order valence-electron chi connectivity index (χ3n) is 3.38. The van der Waals surface area contributed by atoms with Gasteiger partial charge in [0.2, 0.25) is 5.89 Å². The molecule has 1 atom stereocenters. The van der Waals surface area contributed by atoms with Gasteiger partial charge in [0.15, 0.2) is 0 Å². The second-order valence-electron chi connectivity index (χ2n) is 6.87. The number of hydrogen-bond acceptors (Lipinski definition) is 5. The van der Waals surface area contributed by atoms with Crippen molar-refractivity contribution in [1.29, 1.82) is 0 Å². The lowest BCUT2D eigenvalue weighted by Crippen LogP contribution is -2.53. The van der Waals surface area contributed by atoms with Crippen LogP contribution in [0.2, 0.25) is 0 Å². The van der Waals surface area contributed by atoms with Crippen LogP contribution in [-0.2, 0) is 20.2 Å². The Hall–Kier alpha value is -0.920. The summed E-state index contributed by atoms with van der Waals surface area (Å²) in [5, 5.41) is -0.153. The fourth-order valence-corrected chi connectivity index (χ4v) is 2.75. The summed E-state index contributed by atoms with van der Waals surface area (Å²) in [7, 11) is -3.68. The molecule has 1 aliphatic rings. The molecule has 1 N–H and O–H groups in total. The number of nitrogens with one attached hydrogen (secondary N) is 1. The first kappa shape index (κ1) is 15.5. The van der Waals surface area contributed by atoms with Crippen LogP contribution in [0.1, 0.15) is 40.5 Å². The summed E-state index contributed by atoms with van der Waals surface area (Å²) in [6.07, 6.45) is 1.14. The van der Waals surface area contributed by atoms with Crippen molar-refractivity contribution in [3.8, 4) is 0 Å². The van der Waals surface area contributed by atoms with Gasteiger partial charge in [-0.2, -0.15) is 0 Å². The van der Waals surface area contributed by atoms with Crippen LogP contribution in [0.5, 0.6) is 0 Å². The van der Waals surface area contributed by atoms with Crippen LogP contribution in [0.4, 0.5) is 0 Å². The van der Waals surface area contributed by atoms with Crippen molar-refractivity contribution in [3.05, 3.63) is 12.1 Å². The van der Waals surface area contributed by atoms with Crippen LogP contribution >= 0.6 is 0 Å². The minimum absolute atomic E-state index is 0.000500. The Bertz CT molecular complexity index is 584. The fourth-order valence-electron chi connectivity index (χ4n) is 1.86. The van der Waals surface area contributed by atoms with Crippen molar-refractivity contribution in [2.24, 2.45) is 5.41 Å². The topological polar surface area (TPSA) is 81.4 Å². The lowest BCUT2D eigenvalue weighted by Gasteiger charge is -2.44. The van der Waals surface area contributed by atoms with Crippen molar-refractivity contribution in [1.82, 2.24) is 9.71 Å². The first-order chi connectivity index (χ1) is 9.02. The third kappa shape index (κ3) is 3.05. The Morgan fingerprint density at radius 2 is 2.10 bits per heavy atom. The molecular formula is C13H22N2O4S. The van der Waals surface area contributed by atoms with Crippen LogP contribution in [0, 0.1) is 5.41 Å². The molecule has 1 saturated heterocycles. The summed E-state index contributed by atoms with van der Waals surface area (Å²) >= 11 is 0. The van der Waals surface area contributed by atoms with E-state index in [4.69, 9.17) is 9.15 Å². The van der Waals surface area contributed by atoms with E-state index in [1.54, 1.807) is 0 Å². The molecule has 0 aliphatic carbocycles. The van der Waals surface area contributed by atoms with Gasteiger partial charge in [0.25, 0.3) is 15.1 Å². The van der Waals surface area contributed by atoms with Crippen LogP contribution in [0.25, 0.3) is 0 Å². The van der Waals surface area contributed by atoms with Crippen molar-refractivity contribution in [2.75, 3.05) is 13.2 Å². The number of sulfonamides is 1. The molecule has 0 radical (unpaired) electrons. The van der Waals surface area contributed by atoms with Gasteiger partial charge in [-0.3, -0.25) is 0 Å². The summed E-state index contributed by atoms with van der Waals surface area (Å²) in [5.41, 5.74) is -0.326. The number of aromatic nitrogens is 1.